The molecule has 1 saturated carbocycles. The fraction of sp³-hybridized carbons (Fsp3) is 0.318. The molecule has 25 heavy (non-hydrogen) atoms. The van der Waals surface area contributed by atoms with E-state index in [0.717, 1.165) is 41.0 Å². The fourth-order valence-electron chi connectivity index (χ4n) is 3.37. The summed E-state index contributed by atoms with van der Waals surface area (Å²) in [7, 11) is 1.66. The Morgan fingerprint density at radius 1 is 1.00 bits per heavy atom. The van der Waals surface area contributed by atoms with Gasteiger partial charge in [-0.25, -0.2) is 0 Å². The lowest BCUT2D eigenvalue weighted by Gasteiger charge is -2.18. The standard InChI is InChI=1S/C22H23NO2/c1-16(15-23)22(17-8-4-3-5-9-17)18-12-13-20(24-2)21(14-18)25-19-10-6-7-11-19/h3-5,8-9,12-14,19H,6-7,10-11H2,1-2H3. The van der Waals surface area contributed by atoms with E-state index in [2.05, 4.69) is 6.07 Å². The molecule has 128 valence electrons. The van der Waals surface area contributed by atoms with Gasteiger partial charge in [0.05, 0.1) is 19.3 Å². The van der Waals surface area contributed by atoms with E-state index in [9.17, 15) is 5.26 Å². The highest BCUT2D eigenvalue weighted by Gasteiger charge is 2.19. The second kappa shape index (κ2) is 7.90. The van der Waals surface area contributed by atoms with E-state index in [1.165, 1.54) is 12.8 Å². The second-order valence-corrected chi connectivity index (χ2v) is 6.37. The van der Waals surface area contributed by atoms with E-state index in [4.69, 9.17) is 9.47 Å². The van der Waals surface area contributed by atoms with Crippen molar-refractivity contribution >= 4 is 5.57 Å². The molecule has 0 bridgehead atoms. The number of rotatable bonds is 5. The van der Waals surface area contributed by atoms with Crippen molar-refractivity contribution in [3.05, 3.63) is 65.2 Å². The van der Waals surface area contributed by atoms with E-state index >= 15 is 0 Å². The molecule has 0 N–H and O–H groups in total. The first-order chi connectivity index (χ1) is 12.2. The SMILES string of the molecule is COc1ccc(C(=C(C)C#N)c2ccccc2)cc1OC1CCCC1. The quantitative estimate of drug-likeness (QED) is 0.692. The Morgan fingerprint density at radius 3 is 2.36 bits per heavy atom. The number of methoxy groups -OCH3 is 1. The van der Waals surface area contributed by atoms with Crippen LogP contribution in [0.2, 0.25) is 0 Å². The molecule has 0 spiro atoms. The Bertz CT molecular complexity index is 797. The number of hydrogen-bond acceptors (Lipinski definition) is 3. The topological polar surface area (TPSA) is 42.2 Å². The first-order valence-electron chi connectivity index (χ1n) is 8.74. The maximum Gasteiger partial charge on any atom is 0.162 e. The van der Waals surface area contributed by atoms with Crippen molar-refractivity contribution < 1.29 is 9.47 Å². The highest BCUT2D eigenvalue weighted by atomic mass is 16.5. The molecule has 0 radical (unpaired) electrons. The van der Waals surface area contributed by atoms with Crippen LogP contribution in [0.3, 0.4) is 0 Å². The molecular formula is C22H23NO2. The van der Waals surface area contributed by atoms with Crippen LogP contribution in [-0.4, -0.2) is 13.2 Å². The van der Waals surface area contributed by atoms with E-state index < -0.39 is 0 Å². The van der Waals surface area contributed by atoms with Gasteiger partial charge in [-0.2, -0.15) is 5.26 Å². The minimum Gasteiger partial charge on any atom is -0.493 e. The zero-order chi connectivity index (χ0) is 17.6. The minimum absolute atomic E-state index is 0.255. The predicted molar refractivity (Wildman–Crippen MR) is 99.6 cm³/mol. The van der Waals surface area contributed by atoms with Crippen molar-refractivity contribution in [3.8, 4) is 17.6 Å². The van der Waals surface area contributed by atoms with Gasteiger partial charge in [0.2, 0.25) is 0 Å². The summed E-state index contributed by atoms with van der Waals surface area (Å²) in [4.78, 5) is 0. The number of ether oxygens (including phenoxy) is 2. The van der Waals surface area contributed by atoms with Crippen molar-refractivity contribution in [1.82, 2.24) is 0 Å². The Kier molecular flexibility index (Phi) is 5.40. The maximum absolute atomic E-state index is 9.46. The first kappa shape index (κ1) is 17.1. The molecule has 1 aliphatic rings. The molecule has 0 atom stereocenters. The van der Waals surface area contributed by atoms with Gasteiger partial charge in [-0.05, 0) is 55.9 Å². The summed E-state index contributed by atoms with van der Waals surface area (Å²) in [6, 6.07) is 18.2. The normalized spacial score (nSPS) is 15.4. The third-order valence-electron chi connectivity index (χ3n) is 4.65. The predicted octanol–water partition coefficient (Wildman–Crippen LogP) is 5.36. The average Bonchev–Trinajstić information content (AvgIpc) is 3.16. The van der Waals surface area contributed by atoms with Gasteiger partial charge < -0.3 is 9.47 Å². The van der Waals surface area contributed by atoms with Gasteiger partial charge in [0.1, 0.15) is 0 Å². The van der Waals surface area contributed by atoms with Crippen LogP contribution >= 0.6 is 0 Å². The molecule has 3 rings (SSSR count). The summed E-state index contributed by atoms with van der Waals surface area (Å²) in [6.45, 7) is 1.85. The van der Waals surface area contributed by atoms with Gasteiger partial charge in [0.25, 0.3) is 0 Å². The lowest BCUT2D eigenvalue weighted by atomic mass is 9.94. The van der Waals surface area contributed by atoms with Crippen LogP contribution in [0, 0.1) is 11.3 Å². The summed E-state index contributed by atoms with van der Waals surface area (Å²) in [6.07, 6.45) is 4.87. The van der Waals surface area contributed by atoms with Gasteiger partial charge in [0, 0.05) is 11.1 Å². The molecule has 1 aliphatic carbocycles. The molecule has 1 fully saturated rings. The zero-order valence-electron chi connectivity index (χ0n) is 14.8. The highest BCUT2D eigenvalue weighted by molar-refractivity contribution is 5.84. The molecule has 0 aliphatic heterocycles. The van der Waals surface area contributed by atoms with Gasteiger partial charge in [0.15, 0.2) is 11.5 Å². The highest BCUT2D eigenvalue weighted by Crippen LogP contribution is 2.36. The van der Waals surface area contributed by atoms with Crippen LogP contribution in [0.1, 0.15) is 43.7 Å². The molecule has 0 unspecified atom stereocenters. The third kappa shape index (κ3) is 3.85. The Labute approximate surface area is 149 Å². The molecular weight excluding hydrogens is 310 g/mol. The summed E-state index contributed by atoms with van der Waals surface area (Å²) in [5.74, 6) is 1.49. The van der Waals surface area contributed by atoms with Gasteiger partial charge in [-0.3, -0.25) is 0 Å². The van der Waals surface area contributed by atoms with Crippen molar-refractivity contribution in [2.24, 2.45) is 0 Å². The molecule has 2 aromatic rings. The number of nitriles is 1. The zero-order valence-corrected chi connectivity index (χ0v) is 14.8. The van der Waals surface area contributed by atoms with E-state index in [1.807, 2.05) is 55.5 Å². The molecule has 0 heterocycles. The van der Waals surface area contributed by atoms with Crippen molar-refractivity contribution in [2.75, 3.05) is 7.11 Å². The Morgan fingerprint density at radius 2 is 1.72 bits per heavy atom. The molecule has 3 heteroatoms. The smallest absolute Gasteiger partial charge is 0.162 e. The van der Waals surface area contributed by atoms with Crippen LogP contribution < -0.4 is 9.47 Å². The number of hydrogen-bond donors (Lipinski definition) is 0. The van der Waals surface area contributed by atoms with Gasteiger partial charge >= 0.3 is 0 Å². The fourth-order valence-corrected chi connectivity index (χ4v) is 3.37. The van der Waals surface area contributed by atoms with E-state index in [1.54, 1.807) is 7.11 Å². The van der Waals surface area contributed by atoms with Crippen LogP contribution in [0.5, 0.6) is 11.5 Å². The van der Waals surface area contributed by atoms with Crippen molar-refractivity contribution in [1.29, 1.82) is 5.26 Å². The van der Waals surface area contributed by atoms with Crippen molar-refractivity contribution in [2.45, 2.75) is 38.7 Å². The summed E-state index contributed by atoms with van der Waals surface area (Å²) in [5.41, 5.74) is 3.61. The van der Waals surface area contributed by atoms with Crippen LogP contribution in [0.4, 0.5) is 0 Å². The molecule has 0 amide bonds. The monoisotopic (exact) mass is 333 g/mol. The van der Waals surface area contributed by atoms with Gasteiger partial charge in [-0.1, -0.05) is 36.4 Å². The van der Waals surface area contributed by atoms with Crippen molar-refractivity contribution in [3.63, 3.8) is 0 Å². The molecule has 0 saturated heterocycles. The molecule has 2 aromatic carbocycles. The number of allylic oxidation sites excluding steroid dienone is 1. The number of nitrogens with zero attached hydrogens (tertiary/aromatic N) is 1. The first-order valence-corrected chi connectivity index (χ1v) is 8.74. The second-order valence-electron chi connectivity index (χ2n) is 6.37. The summed E-state index contributed by atoms with van der Waals surface area (Å²) in [5, 5.41) is 9.46. The number of benzene rings is 2. The lowest BCUT2D eigenvalue weighted by molar-refractivity contribution is 0.201. The third-order valence-corrected chi connectivity index (χ3v) is 4.65. The molecule has 3 nitrogen and oxygen atoms in total. The maximum atomic E-state index is 9.46. The minimum atomic E-state index is 0.255. The Hall–Kier alpha value is -2.73. The largest absolute Gasteiger partial charge is 0.493 e. The van der Waals surface area contributed by atoms with E-state index in [-0.39, 0.29) is 6.10 Å². The van der Waals surface area contributed by atoms with Crippen LogP contribution in [-0.2, 0) is 0 Å². The Balaban J connectivity index is 2.04. The lowest BCUT2D eigenvalue weighted by Crippen LogP contribution is -2.11. The average molecular weight is 333 g/mol. The van der Waals surface area contributed by atoms with Crippen LogP contribution in [0.25, 0.3) is 5.57 Å². The summed E-state index contributed by atoms with van der Waals surface area (Å²) < 4.78 is 11.7. The van der Waals surface area contributed by atoms with Gasteiger partial charge in [-0.15, -0.1) is 0 Å². The van der Waals surface area contributed by atoms with E-state index in [0.29, 0.717) is 5.57 Å². The molecule has 0 aromatic heterocycles. The summed E-state index contributed by atoms with van der Waals surface area (Å²) >= 11 is 0. The van der Waals surface area contributed by atoms with Crippen LogP contribution in [0.15, 0.2) is 54.1 Å².